The van der Waals surface area contributed by atoms with Gasteiger partial charge in [0, 0.05) is 31.1 Å². The van der Waals surface area contributed by atoms with Crippen molar-refractivity contribution in [2.45, 2.75) is 19.3 Å². The molecule has 2 atom stereocenters. The molecule has 1 amide bonds. The van der Waals surface area contributed by atoms with Crippen molar-refractivity contribution in [2.24, 2.45) is 11.8 Å². The molecule has 0 unspecified atom stereocenters. The van der Waals surface area contributed by atoms with Crippen LogP contribution in [-0.4, -0.2) is 63.3 Å². The van der Waals surface area contributed by atoms with Gasteiger partial charge in [0.05, 0.1) is 12.8 Å². The van der Waals surface area contributed by atoms with Crippen LogP contribution < -0.4 is 15.4 Å². The molecule has 0 spiro atoms. The van der Waals surface area contributed by atoms with Gasteiger partial charge in [-0.05, 0) is 76.1 Å². The predicted molar refractivity (Wildman–Crippen MR) is 113 cm³/mol. The van der Waals surface area contributed by atoms with Crippen LogP contribution in [0.15, 0.2) is 34.9 Å². The average molecular weight is 401 g/mol. The SMILES string of the molecule is COc1ccc(-c2cc(C[C@H]3CNCC[C@H]3CC(=O)NCCN(C)C)no2)cc1. The number of nitrogens with one attached hydrogen (secondary N) is 2. The minimum Gasteiger partial charge on any atom is -0.497 e. The van der Waals surface area contributed by atoms with E-state index in [9.17, 15) is 4.79 Å². The quantitative estimate of drug-likeness (QED) is 0.672. The molecule has 1 fully saturated rings. The summed E-state index contributed by atoms with van der Waals surface area (Å²) in [5, 5.41) is 10.8. The Kier molecular flexibility index (Phi) is 7.66. The van der Waals surface area contributed by atoms with Crippen LogP contribution in [0.25, 0.3) is 11.3 Å². The number of ether oxygens (including phenoxy) is 1. The fourth-order valence-corrected chi connectivity index (χ4v) is 3.78. The zero-order chi connectivity index (χ0) is 20.6. The maximum Gasteiger partial charge on any atom is 0.220 e. The van der Waals surface area contributed by atoms with Gasteiger partial charge in [-0.3, -0.25) is 4.79 Å². The lowest BCUT2D eigenvalue weighted by Crippen LogP contribution is -2.41. The third kappa shape index (κ3) is 6.30. The van der Waals surface area contributed by atoms with Crippen molar-refractivity contribution in [1.29, 1.82) is 0 Å². The molecule has 2 heterocycles. The second-order valence-corrected chi connectivity index (χ2v) is 7.99. The molecule has 7 heteroatoms. The van der Waals surface area contributed by atoms with Crippen molar-refractivity contribution in [3.05, 3.63) is 36.0 Å². The molecule has 3 rings (SSSR count). The number of carbonyl (C=O) groups excluding carboxylic acids is 1. The first kappa shape index (κ1) is 21.3. The highest BCUT2D eigenvalue weighted by molar-refractivity contribution is 5.76. The summed E-state index contributed by atoms with van der Waals surface area (Å²) in [4.78, 5) is 14.4. The van der Waals surface area contributed by atoms with E-state index in [0.717, 1.165) is 55.2 Å². The first-order valence-electron chi connectivity index (χ1n) is 10.3. The summed E-state index contributed by atoms with van der Waals surface area (Å²) in [6.45, 7) is 3.41. The highest BCUT2D eigenvalue weighted by atomic mass is 16.5. The van der Waals surface area contributed by atoms with Crippen molar-refractivity contribution in [3.8, 4) is 17.1 Å². The van der Waals surface area contributed by atoms with Crippen LogP contribution in [0.4, 0.5) is 0 Å². The van der Waals surface area contributed by atoms with Crippen molar-refractivity contribution < 1.29 is 14.1 Å². The summed E-state index contributed by atoms with van der Waals surface area (Å²) in [6, 6.07) is 9.75. The van der Waals surface area contributed by atoms with Gasteiger partial charge in [-0.15, -0.1) is 0 Å². The van der Waals surface area contributed by atoms with Crippen LogP contribution in [0.2, 0.25) is 0 Å². The number of benzene rings is 1. The van der Waals surface area contributed by atoms with Crippen LogP contribution in [0.5, 0.6) is 5.75 Å². The fourth-order valence-electron chi connectivity index (χ4n) is 3.78. The first-order valence-corrected chi connectivity index (χ1v) is 10.3. The summed E-state index contributed by atoms with van der Waals surface area (Å²) < 4.78 is 10.8. The first-order chi connectivity index (χ1) is 14.0. The molecule has 2 aromatic rings. The Balaban J connectivity index is 1.57. The lowest BCUT2D eigenvalue weighted by molar-refractivity contribution is -0.122. The summed E-state index contributed by atoms with van der Waals surface area (Å²) in [5.74, 6) is 2.44. The third-order valence-corrected chi connectivity index (χ3v) is 5.50. The zero-order valence-corrected chi connectivity index (χ0v) is 17.6. The van der Waals surface area contributed by atoms with Crippen LogP contribution in [-0.2, 0) is 11.2 Å². The molecule has 2 N–H and O–H groups in total. The Morgan fingerprint density at radius 2 is 2.10 bits per heavy atom. The molecule has 1 aromatic carbocycles. The molecule has 1 aliphatic rings. The lowest BCUT2D eigenvalue weighted by atomic mass is 9.81. The number of carbonyl (C=O) groups is 1. The van der Waals surface area contributed by atoms with Crippen LogP contribution in [0.1, 0.15) is 18.5 Å². The molecular weight excluding hydrogens is 368 g/mol. The third-order valence-electron chi connectivity index (χ3n) is 5.50. The Morgan fingerprint density at radius 1 is 1.31 bits per heavy atom. The van der Waals surface area contributed by atoms with Crippen molar-refractivity contribution in [3.63, 3.8) is 0 Å². The van der Waals surface area contributed by atoms with Crippen molar-refractivity contribution in [1.82, 2.24) is 20.7 Å². The van der Waals surface area contributed by atoms with Crippen LogP contribution in [0, 0.1) is 11.8 Å². The topological polar surface area (TPSA) is 79.6 Å². The van der Waals surface area contributed by atoms with Crippen molar-refractivity contribution in [2.75, 3.05) is 47.4 Å². The van der Waals surface area contributed by atoms with Gasteiger partial charge < -0.3 is 24.8 Å². The van der Waals surface area contributed by atoms with E-state index in [-0.39, 0.29) is 5.91 Å². The molecule has 158 valence electrons. The summed E-state index contributed by atoms with van der Waals surface area (Å²) in [5.41, 5.74) is 1.91. The zero-order valence-electron chi connectivity index (χ0n) is 17.6. The monoisotopic (exact) mass is 400 g/mol. The summed E-state index contributed by atoms with van der Waals surface area (Å²) in [7, 11) is 5.67. The highest BCUT2D eigenvalue weighted by Crippen LogP contribution is 2.28. The molecule has 0 saturated carbocycles. The molecular formula is C22H32N4O3. The average Bonchev–Trinajstić information content (AvgIpc) is 3.18. The van der Waals surface area contributed by atoms with Gasteiger partial charge in [0.1, 0.15) is 5.75 Å². The Morgan fingerprint density at radius 3 is 2.83 bits per heavy atom. The lowest BCUT2D eigenvalue weighted by Gasteiger charge is -2.31. The predicted octanol–water partition coefficient (Wildman–Crippen LogP) is 2.19. The highest BCUT2D eigenvalue weighted by Gasteiger charge is 2.28. The molecule has 0 aliphatic carbocycles. The van der Waals surface area contributed by atoms with Gasteiger partial charge in [-0.25, -0.2) is 0 Å². The maximum atomic E-state index is 12.3. The van der Waals surface area contributed by atoms with E-state index >= 15 is 0 Å². The van der Waals surface area contributed by atoms with Gasteiger partial charge in [-0.1, -0.05) is 5.16 Å². The molecule has 0 radical (unpaired) electrons. The van der Waals surface area contributed by atoms with E-state index in [4.69, 9.17) is 9.26 Å². The minimum absolute atomic E-state index is 0.142. The summed E-state index contributed by atoms with van der Waals surface area (Å²) >= 11 is 0. The number of rotatable bonds is 9. The smallest absolute Gasteiger partial charge is 0.220 e. The Hall–Kier alpha value is -2.38. The largest absolute Gasteiger partial charge is 0.497 e. The number of amides is 1. The maximum absolute atomic E-state index is 12.3. The van der Waals surface area contributed by atoms with Gasteiger partial charge in [0.25, 0.3) is 0 Å². The van der Waals surface area contributed by atoms with E-state index < -0.39 is 0 Å². The molecule has 0 bridgehead atoms. The molecule has 1 saturated heterocycles. The van der Waals surface area contributed by atoms with E-state index in [1.54, 1.807) is 7.11 Å². The van der Waals surface area contributed by atoms with Gasteiger partial charge in [-0.2, -0.15) is 0 Å². The fraction of sp³-hybridized carbons (Fsp3) is 0.545. The standard InChI is InChI=1S/C22H32N4O3/c1-26(2)11-10-24-22(27)13-17-8-9-23-15-18(17)12-19-14-21(29-25-19)16-4-6-20(28-3)7-5-16/h4-7,14,17-18,23H,8-13,15H2,1-3H3,(H,24,27)/t17-,18-/m0/s1. The summed E-state index contributed by atoms with van der Waals surface area (Å²) in [6.07, 6.45) is 2.39. The number of hydrogen-bond acceptors (Lipinski definition) is 6. The number of aromatic nitrogens is 1. The molecule has 7 nitrogen and oxygen atoms in total. The number of piperidine rings is 1. The number of methoxy groups -OCH3 is 1. The van der Waals surface area contributed by atoms with Gasteiger partial charge >= 0.3 is 0 Å². The Bertz CT molecular complexity index is 773. The molecule has 1 aliphatic heterocycles. The minimum atomic E-state index is 0.142. The van der Waals surface area contributed by atoms with Crippen molar-refractivity contribution >= 4 is 5.91 Å². The second-order valence-electron chi connectivity index (χ2n) is 7.99. The van der Waals surface area contributed by atoms with Crippen LogP contribution >= 0.6 is 0 Å². The van der Waals surface area contributed by atoms with E-state index in [2.05, 4.69) is 20.7 Å². The van der Waals surface area contributed by atoms with E-state index in [0.29, 0.717) is 24.8 Å². The number of nitrogens with zero attached hydrogens (tertiary/aromatic N) is 2. The van der Waals surface area contributed by atoms with Gasteiger partial charge in [0.15, 0.2) is 5.76 Å². The number of hydrogen-bond donors (Lipinski definition) is 2. The second kappa shape index (κ2) is 10.4. The molecule has 29 heavy (non-hydrogen) atoms. The number of likely N-dealkylation sites (N-methyl/N-ethyl adjacent to an activating group) is 1. The van der Waals surface area contributed by atoms with Gasteiger partial charge in [0.2, 0.25) is 5.91 Å². The van der Waals surface area contributed by atoms with E-state index in [1.807, 2.05) is 44.4 Å². The van der Waals surface area contributed by atoms with E-state index in [1.165, 1.54) is 0 Å². The Labute approximate surface area is 172 Å². The normalized spacial score (nSPS) is 19.3. The van der Waals surface area contributed by atoms with Crippen LogP contribution in [0.3, 0.4) is 0 Å². The molecule has 1 aromatic heterocycles.